The molecule has 1 saturated heterocycles. The van der Waals surface area contributed by atoms with Gasteiger partial charge in [0.2, 0.25) is 0 Å². The number of anilines is 1. The number of nitrogens with one attached hydrogen (secondary N) is 1. The molecule has 21 heavy (non-hydrogen) atoms. The zero-order valence-corrected chi connectivity index (χ0v) is 14.6. The van der Waals surface area contributed by atoms with E-state index >= 15 is 0 Å². The minimum Gasteiger partial charge on any atom is -0.364 e. The van der Waals surface area contributed by atoms with E-state index in [4.69, 9.17) is 11.6 Å². The standard InChI is InChI=1S/C16H21BrClFN2/c1-11-9-20-16(5-3-2-4-6-16)10-21(11)15-13(17)7-12(19)8-14(15)18/h7-8,11,20H,2-6,9-10H2,1H3. The van der Waals surface area contributed by atoms with Gasteiger partial charge in [-0.1, -0.05) is 30.9 Å². The molecule has 1 unspecified atom stereocenters. The van der Waals surface area contributed by atoms with Crippen LogP contribution < -0.4 is 10.2 Å². The Morgan fingerprint density at radius 1 is 1.33 bits per heavy atom. The van der Waals surface area contributed by atoms with Crippen molar-refractivity contribution in [2.75, 3.05) is 18.0 Å². The molecule has 116 valence electrons. The fourth-order valence-electron chi connectivity index (χ4n) is 3.68. The first-order valence-electron chi connectivity index (χ1n) is 7.67. The molecule has 0 radical (unpaired) electrons. The van der Waals surface area contributed by atoms with Gasteiger partial charge in [0.05, 0.1) is 10.7 Å². The Morgan fingerprint density at radius 3 is 2.71 bits per heavy atom. The largest absolute Gasteiger partial charge is 0.364 e. The van der Waals surface area contributed by atoms with Crippen molar-refractivity contribution in [3.8, 4) is 0 Å². The molecular weight excluding hydrogens is 355 g/mol. The van der Waals surface area contributed by atoms with Crippen LogP contribution in [0.5, 0.6) is 0 Å². The number of piperazine rings is 1. The second kappa shape index (κ2) is 6.05. The SMILES string of the molecule is CC1CNC2(CCCCC2)CN1c1c(Cl)cc(F)cc1Br. The highest BCUT2D eigenvalue weighted by atomic mass is 79.9. The lowest BCUT2D eigenvalue weighted by molar-refractivity contribution is 0.200. The molecule has 2 nitrogen and oxygen atoms in total. The zero-order valence-electron chi connectivity index (χ0n) is 12.3. The van der Waals surface area contributed by atoms with Gasteiger partial charge in [-0.05, 0) is 47.8 Å². The molecule has 1 aromatic carbocycles. The van der Waals surface area contributed by atoms with E-state index in [9.17, 15) is 4.39 Å². The highest BCUT2D eigenvalue weighted by Gasteiger charge is 2.39. The fraction of sp³-hybridized carbons (Fsp3) is 0.625. The number of nitrogens with zero attached hydrogens (tertiary/aromatic N) is 1. The molecule has 5 heteroatoms. The van der Waals surface area contributed by atoms with Crippen molar-refractivity contribution in [2.45, 2.75) is 50.6 Å². The lowest BCUT2D eigenvalue weighted by Gasteiger charge is -2.50. The lowest BCUT2D eigenvalue weighted by atomic mass is 9.79. The van der Waals surface area contributed by atoms with Crippen molar-refractivity contribution in [3.05, 3.63) is 27.4 Å². The van der Waals surface area contributed by atoms with Crippen molar-refractivity contribution in [3.63, 3.8) is 0 Å². The predicted molar refractivity (Wildman–Crippen MR) is 89.7 cm³/mol. The summed E-state index contributed by atoms with van der Waals surface area (Å²) in [5, 5.41) is 4.25. The maximum atomic E-state index is 13.5. The average molecular weight is 376 g/mol. The van der Waals surface area contributed by atoms with Crippen molar-refractivity contribution >= 4 is 33.2 Å². The summed E-state index contributed by atoms with van der Waals surface area (Å²) in [4.78, 5) is 2.34. The number of hydrogen-bond acceptors (Lipinski definition) is 2. The van der Waals surface area contributed by atoms with Gasteiger partial charge in [0.25, 0.3) is 0 Å². The third kappa shape index (κ3) is 3.08. The Bertz CT molecular complexity index is 508. The second-order valence-electron chi connectivity index (χ2n) is 6.42. The van der Waals surface area contributed by atoms with E-state index in [1.807, 2.05) is 0 Å². The van der Waals surface area contributed by atoms with Crippen molar-refractivity contribution in [1.82, 2.24) is 5.32 Å². The number of hydrogen-bond donors (Lipinski definition) is 1. The molecular formula is C16H21BrClFN2. The summed E-state index contributed by atoms with van der Waals surface area (Å²) in [7, 11) is 0. The second-order valence-corrected chi connectivity index (χ2v) is 7.68. The molecule has 1 N–H and O–H groups in total. The molecule has 1 atom stereocenters. The summed E-state index contributed by atoms with van der Waals surface area (Å²) in [5.74, 6) is -0.300. The number of halogens is 3. The molecule has 1 saturated carbocycles. The minimum atomic E-state index is -0.300. The van der Waals surface area contributed by atoms with Gasteiger partial charge in [-0.2, -0.15) is 0 Å². The molecule has 2 aliphatic rings. The van der Waals surface area contributed by atoms with Crippen molar-refractivity contribution in [2.24, 2.45) is 0 Å². The van der Waals surface area contributed by atoms with E-state index in [0.29, 0.717) is 11.1 Å². The van der Waals surface area contributed by atoms with E-state index in [0.717, 1.165) is 23.2 Å². The van der Waals surface area contributed by atoms with E-state index in [2.05, 4.69) is 33.1 Å². The Hall–Kier alpha value is -0.320. The quantitative estimate of drug-likeness (QED) is 0.762. The van der Waals surface area contributed by atoms with E-state index in [1.165, 1.54) is 44.2 Å². The zero-order chi connectivity index (χ0) is 15.0. The molecule has 0 bridgehead atoms. The fourth-order valence-corrected chi connectivity index (χ4v) is 4.77. The minimum absolute atomic E-state index is 0.196. The third-order valence-corrected chi connectivity index (χ3v) is 5.75. The van der Waals surface area contributed by atoms with Crippen LogP contribution in [0.1, 0.15) is 39.0 Å². The molecule has 1 spiro atoms. The van der Waals surface area contributed by atoms with E-state index in [-0.39, 0.29) is 11.4 Å². The topological polar surface area (TPSA) is 15.3 Å². The third-order valence-electron chi connectivity index (χ3n) is 4.86. The van der Waals surface area contributed by atoms with Crippen LogP contribution in [-0.4, -0.2) is 24.7 Å². The molecule has 2 fully saturated rings. The summed E-state index contributed by atoms with van der Waals surface area (Å²) < 4.78 is 14.2. The highest BCUT2D eigenvalue weighted by Crippen LogP contribution is 2.40. The van der Waals surface area contributed by atoms with Crippen LogP contribution in [0.2, 0.25) is 5.02 Å². The first kappa shape index (κ1) is 15.6. The number of rotatable bonds is 1. The summed E-state index contributed by atoms with van der Waals surface area (Å²) in [6.07, 6.45) is 6.33. The van der Waals surface area contributed by atoms with Gasteiger partial charge in [-0.3, -0.25) is 0 Å². The Balaban J connectivity index is 1.92. The Kier molecular flexibility index (Phi) is 4.49. The number of benzene rings is 1. The van der Waals surface area contributed by atoms with Crippen LogP contribution >= 0.6 is 27.5 Å². The first-order chi connectivity index (χ1) is 10.0. The van der Waals surface area contributed by atoms with Crippen molar-refractivity contribution in [1.29, 1.82) is 0 Å². The summed E-state index contributed by atoms with van der Waals surface area (Å²) >= 11 is 9.82. The van der Waals surface area contributed by atoms with Gasteiger partial charge in [0, 0.05) is 29.1 Å². The maximum Gasteiger partial charge on any atom is 0.125 e. The van der Waals surface area contributed by atoms with Gasteiger partial charge < -0.3 is 10.2 Å². The van der Waals surface area contributed by atoms with Crippen LogP contribution in [0.3, 0.4) is 0 Å². The van der Waals surface area contributed by atoms with Gasteiger partial charge in [0.1, 0.15) is 5.82 Å². The molecule has 0 aromatic heterocycles. The molecule has 1 aliphatic heterocycles. The summed E-state index contributed by atoms with van der Waals surface area (Å²) in [6.45, 7) is 4.08. The molecule has 0 amide bonds. The van der Waals surface area contributed by atoms with Gasteiger partial charge in [-0.15, -0.1) is 0 Å². The molecule has 1 heterocycles. The normalized spacial score (nSPS) is 25.3. The maximum absolute atomic E-state index is 13.5. The van der Waals surface area contributed by atoms with E-state index < -0.39 is 0 Å². The first-order valence-corrected chi connectivity index (χ1v) is 8.84. The molecule has 3 rings (SSSR count). The van der Waals surface area contributed by atoms with Gasteiger partial charge in [-0.25, -0.2) is 4.39 Å². The highest BCUT2D eigenvalue weighted by molar-refractivity contribution is 9.10. The predicted octanol–water partition coefficient (Wildman–Crippen LogP) is 4.74. The summed E-state index contributed by atoms with van der Waals surface area (Å²) in [5.41, 5.74) is 1.12. The average Bonchev–Trinajstić information content (AvgIpc) is 2.43. The molecule has 1 aliphatic carbocycles. The van der Waals surface area contributed by atoms with Crippen molar-refractivity contribution < 1.29 is 4.39 Å². The van der Waals surface area contributed by atoms with Crippen LogP contribution in [0.4, 0.5) is 10.1 Å². The van der Waals surface area contributed by atoms with E-state index in [1.54, 1.807) is 0 Å². The van der Waals surface area contributed by atoms with Crippen LogP contribution in [0.15, 0.2) is 16.6 Å². The van der Waals surface area contributed by atoms with Crippen LogP contribution in [0, 0.1) is 5.82 Å². The lowest BCUT2D eigenvalue weighted by Crippen LogP contribution is -2.64. The Labute approximate surface area is 139 Å². The van der Waals surface area contributed by atoms with Gasteiger partial charge in [0.15, 0.2) is 0 Å². The summed E-state index contributed by atoms with van der Waals surface area (Å²) in [6, 6.07) is 3.25. The molecule has 1 aromatic rings. The van der Waals surface area contributed by atoms with Crippen LogP contribution in [-0.2, 0) is 0 Å². The van der Waals surface area contributed by atoms with Crippen LogP contribution in [0.25, 0.3) is 0 Å². The smallest absolute Gasteiger partial charge is 0.125 e. The Morgan fingerprint density at radius 2 is 2.05 bits per heavy atom. The monoisotopic (exact) mass is 374 g/mol. The van der Waals surface area contributed by atoms with Gasteiger partial charge >= 0.3 is 0 Å².